The first-order chi connectivity index (χ1) is 3.56. The van der Waals surface area contributed by atoms with Gasteiger partial charge in [0.1, 0.15) is 0 Å². The Kier molecular flexibility index (Phi) is 2.37. The maximum Gasteiger partial charge on any atom is 0.392 e. The van der Waals surface area contributed by atoms with Crippen LogP contribution in [-0.2, 0) is 0 Å². The second-order valence-electron chi connectivity index (χ2n) is 1.25. The second kappa shape index (κ2) is 2.59. The Hall–Kier alpha value is -0.670. The van der Waals surface area contributed by atoms with Crippen LogP contribution in [0.4, 0.5) is 13.2 Å². The van der Waals surface area contributed by atoms with Crippen molar-refractivity contribution in [3.63, 3.8) is 0 Å². The van der Waals surface area contributed by atoms with Crippen molar-refractivity contribution in [1.82, 2.24) is 0 Å². The summed E-state index contributed by atoms with van der Waals surface area (Å²) < 4.78 is 33.4. The molecule has 0 aromatic rings. The molecule has 0 spiro atoms. The molecule has 48 valence electrons. The number of allylic oxidation sites excluding steroid dienone is 1. The van der Waals surface area contributed by atoms with Crippen molar-refractivity contribution in [2.75, 3.05) is 0 Å². The van der Waals surface area contributed by atoms with Crippen molar-refractivity contribution in [3.8, 4) is 0 Å². The molecule has 0 atom stereocenters. The zero-order valence-electron chi connectivity index (χ0n) is 4.07. The van der Waals surface area contributed by atoms with E-state index in [1.165, 1.54) is 0 Å². The van der Waals surface area contributed by atoms with E-state index in [1.54, 1.807) is 0 Å². The van der Waals surface area contributed by atoms with Gasteiger partial charge in [0, 0.05) is 0 Å². The van der Waals surface area contributed by atoms with Crippen LogP contribution in [0.1, 0.15) is 6.42 Å². The Morgan fingerprint density at radius 1 is 1.38 bits per heavy atom. The first-order valence-electron chi connectivity index (χ1n) is 2.00. The Labute approximate surface area is 45.0 Å². The van der Waals surface area contributed by atoms with Gasteiger partial charge >= 0.3 is 6.18 Å². The van der Waals surface area contributed by atoms with Crippen LogP contribution in [0.25, 0.3) is 0 Å². The van der Waals surface area contributed by atoms with E-state index >= 15 is 0 Å². The third-order valence-corrected chi connectivity index (χ3v) is 0.485. The number of rotatable bonds is 1. The second-order valence-corrected chi connectivity index (χ2v) is 1.25. The largest absolute Gasteiger partial charge is 0.405 e. The van der Waals surface area contributed by atoms with Gasteiger partial charge < -0.3 is 5.73 Å². The molecular weight excluding hydrogens is 119 g/mol. The number of alkyl halides is 3. The lowest BCUT2D eigenvalue weighted by Crippen LogP contribution is -2.04. The van der Waals surface area contributed by atoms with Crippen molar-refractivity contribution < 1.29 is 13.2 Å². The lowest BCUT2D eigenvalue weighted by Gasteiger charge is -1.98. The van der Waals surface area contributed by atoms with E-state index < -0.39 is 12.6 Å². The topological polar surface area (TPSA) is 26.0 Å². The molecule has 0 aromatic heterocycles. The van der Waals surface area contributed by atoms with Crippen LogP contribution >= 0.6 is 0 Å². The molecule has 0 rings (SSSR count). The Balaban J connectivity index is 3.39. The number of nitrogens with two attached hydrogens (primary N) is 1. The van der Waals surface area contributed by atoms with Crippen molar-refractivity contribution >= 4 is 0 Å². The minimum absolute atomic E-state index is 0.861. The molecule has 0 saturated carbocycles. The number of halogens is 3. The molecule has 0 fully saturated rings. The van der Waals surface area contributed by atoms with Gasteiger partial charge in [-0.05, 0) is 6.20 Å². The van der Waals surface area contributed by atoms with Gasteiger partial charge in [0.2, 0.25) is 0 Å². The van der Waals surface area contributed by atoms with E-state index in [0.717, 1.165) is 12.3 Å². The Morgan fingerprint density at radius 2 is 1.88 bits per heavy atom. The lowest BCUT2D eigenvalue weighted by molar-refractivity contribution is -0.125. The molecule has 0 amide bonds. The quantitative estimate of drug-likeness (QED) is 0.563. The molecule has 0 aliphatic rings. The average molecular weight is 125 g/mol. The predicted octanol–water partition coefficient (Wildman–Crippen LogP) is 1.41. The third kappa shape index (κ3) is 5.33. The SMILES string of the molecule is N/C=C/CC(F)(F)F. The normalized spacial score (nSPS) is 12.9. The summed E-state index contributed by atoms with van der Waals surface area (Å²) in [6, 6.07) is 0. The van der Waals surface area contributed by atoms with Gasteiger partial charge in [0.15, 0.2) is 0 Å². The molecule has 0 unspecified atom stereocenters. The molecule has 1 nitrogen and oxygen atoms in total. The van der Waals surface area contributed by atoms with Crippen LogP contribution in [0.15, 0.2) is 12.3 Å². The van der Waals surface area contributed by atoms with E-state index in [4.69, 9.17) is 0 Å². The van der Waals surface area contributed by atoms with Crippen molar-refractivity contribution in [1.29, 1.82) is 0 Å². The van der Waals surface area contributed by atoms with E-state index in [-0.39, 0.29) is 0 Å². The number of hydrogen-bond acceptors (Lipinski definition) is 1. The predicted molar refractivity (Wildman–Crippen MR) is 24.0 cm³/mol. The van der Waals surface area contributed by atoms with Gasteiger partial charge in [-0.2, -0.15) is 13.2 Å². The highest BCUT2D eigenvalue weighted by Gasteiger charge is 2.24. The van der Waals surface area contributed by atoms with E-state index in [9.17, 15) is 13.2 Å². The minimum Gasteiger partial charge on any atom is -0.405 e. The Morgan fingerprint density at radius 3 is 2.00 bits per heavy atom. The van der Waals surface area contributed by atoms with Gasteiger partial charge in [0.05, 0.1) is 6.42 Å². The molecule has 4 heteroatoms. The summed E-state index contributed by atoms with van der Waals surface area (Å²) in [5, 5.41) is 0. The summed E-state index contributed by atoms with van der Waals surface area (Å²) in [7, 11) is 0. The van der Waals surface area contributed by atoms with Crippen LogP contribution in [0.5, 0.6) is 0 Å². The Bertz CT molecular complexity index is 83.8. The molecule has 0 radical (unpaired) electrons. The summed E-state index contributed by atoms with van der Waals surface area (Å²) >= 11 is 0. The maximum absolute atomic E-state index is 11.1. The zero-order chi connectivity index (χ0) is 6.62. The molecule has 0 bridgehead atoms. The van der Waals surface area contributed by atoms with Crippen LogP contribution in [0.3, 0.4) is 0 Å². The summed E-state index contributed by atoms with van der Waals surface area (Å²) in [6.45, 7) is 0. The molecule has 2 N–H and O–H groups in total. The third-order valence-electron chi connectivity index (χ3n) is 0.485. The summed E-state index contributed by atoms with van der Waals surface area (Å²) in [5.74, 6) is 0. The first kappa shape index (κ1) is 7.33. The van der Waals surface area contributed by atoms with Gasteiger partial charge in [-0.1, -0.05) is 6.08 Å². The van der Waals surface area contributed by atoms with Crippen LogP contribution in [0, 0.1) is 0 Å². The van der Waals surface area contributed by atoms with E-state index in [1.807, 2.05) is 0 Å². The molecule has 0 heterocycles. The molecular formula is C4H6F3N. The highest BCUT2D eigenvalue weighted by atomic mass is 19.4. The molecule has 8 heavy (non-hydrogen) atoms. The fourth-order valence-electron chi connectivity index (χ4n) is 0.202. The van der Waals surface area contributed by atoms with Gasteiger partial charge in [-0.3, -0.25) is 0 Å². The minimum atomic E-state index is -4.12. The molecule has 0 saturated heterocycles. The zero-order valence-corrected chi connectivity index (χ0v) is 4.07. The smallest absolute Gasteiger partial charge is 0.392 e. The monoisotopic (exact) mass is 125 g/mol. The fraction of sp³-hybridized carbons (Fsp3) is 0.500. The maximum atomic E-state index is 11.1. The summed E-state index contributed by atoms with van der Waals surface area (Å²) in [4.78, 5) is 0. The number of hydrogen-bond donors (Lipinski definition) is 1. The fourth-order valence-corrected chi connectivity index (χ4v) is 0.202. The van der Waals surface area contributed by atoms with Crippen molar-refractivity contribution in [2.24, 2.45) is 5.73 Å². The van der Waals surface area contributed by atoms with Crippen LogP contribution < -0.4 is 5.73 Å². The highest BCUT2D eigenvalue weighted by Crippen LogP contribution is 2.18. The first-order valence-corrected chi connectivity index (χ1v) is 2.00. The van der Waals surface area contributed by atoms with Crippen LogP contribution in [0.2, 0.25) is 0 Å². The van der Waals surface area contributed by atoms with Gasteiger partial charge in [-0.25, -0.2) is 0 Å². The summed E-state index contributed by atoms with van der Waals surface area (Å²) in [6.07, 6.45) is -3.31. The van der Waals surface area contributed by atoms with E-state index in [0.29, 0.717) is 0 Å². The van der Waals surface area contributed by atoms with E-state index in [2.05, 4.69) is 5.73 Å². The average Bonchev–Trinajstić information content (AvgIpc) is 1.59. The standard InChI is InChI=1S/C4H6F3N/c5-4(6,7)2-1-3-8/h1,3H,2,8H2/b3-1+. The molecule has 0 aromatic carbocycles. The van der Waals surface area contributed by atoms with Crippen LogP contribution in [-0.4, -0.2) is 6.18 Å². The molecule has 0 aliphatic carbocycles. The van der Waals surface area contributed by atoms with Crippen molar-refractivity contribution in [2.45, 2.75) is 12.6 Å². The highest BCUT2D eigenvalue weighted by molar-refractivity contribution is 4.78. The van der Waals surface area contributed by atoms with Gasteiger partial charge in [-0.15, -0.1) is 0 Å². The van der Waals surface area contributed by atoms with Crippen molar-refractivity contribution in [3.05, 3.63) is 12.3 Å². The summed E-state index contributed by atoms with van der Waals surface area (Å²) in [5.41, 5.74) is 4.66. The van der Waals surface area contributed by atoms with Gasteiger partial charge in [0.25, 0.3) is 0 Å². The molecule has 0 aliphatic heterocycles. The lowest BCUT2D eigenvalue weighted by atomic mass is 10.4.